The van der Waals surface area contributed by atoms with E-state index in [4.69, 9.17) is 4.74 Å². The van der Waals surface area contributed by atoms with Gasteiger partial charge in [-0.2, -0.15) is 5.10 Å². The minimum Gasteiger partial charge on any atom is -0.496 e. The first-order valence-electron chi connectivity index (χ1n) is 9.86. The van der Waals surface area contributed by atoms with Crippen molar-refractivity contribution in [1.82, 2.24) is 10.3 Å². The van der Waals surface area contributed by atoms with Crippen LogP contribution >= 0.6 is 0 Å². The molecule has 1 aliphatic rings. The number of hydrogen-bond acceptors (Lipinski definition) is 4. The molecule has 0 aliphatic carbocycles. The Labute approximate surface area is 175 Å². The van der Waals surface area contributed by atoms with Crippen molar-refractivity contribution >= 4 is 28.8 Å². The number of benzene rings is 3. The summed E-state index contributed by atoms with van der Waals surface area (Å²) in [6, 6.07) is 21.5. The Morgan fingerprint density at radius 3 is 2.70 bits per heavy atom. The molecule has 0 spiro atoms. The lowest BCUT2D eigenvalue weighted by molar-refractivity contribution is -0.129. The molecule has 152 valence electrons. The van der Waals surface area contributed by atoms with Gasteiger partial charge in [0.25, 0.3) is 0 Å². The maximum Gasteiger partial charge on any atom is 0.245 e. The van der Waals surface area contributed by atoms with Crippen LogP contribution in [0.15, 0.2) is 71.8 Å². The Morgan fingerprint density at radius 2 is 1.90 bits per heavy atom. The standard InChI is InChI=1S/C24H23N3O3/c1-30-22-12-11-18-9-5-6-10-20(18)21(22)14-25-26-24(29)19-13-23(28)27(16-19)15-17-7-3-2-4-8-17/h2-12,14,19H,13,15-16H2,1H3,(H,26,29)/b25-14+. The fourth-order valence-electron chi connectivity index (χ4n) is 3.74. The van der Waals surface area contributed by atoms with Gasteiger partial charge < -0.3 is 9.64 Å². The lowest BCUT2D eigenvalue weighted by Crippen LogP contribution is -2.30. The maximum atomic E-state index is 12.6. The van der Waals surface area contributed by atoms with Crippen LogP contribution in [0.1, 0.15) is 17.5 Å². The van der Waals surface area contributed by atoms with E-state index in [0.29, 0.717) is 18.8 Å². The van der Waals surface area contributed by atoms with Gasteiger partial charge >= 0.3 is 0 Å². The van der Waals surface area contributed by atoms with Gasteiger partial charge in [0.2, 0.25) is 11.8 Å². The number of methoxy groups -OCH3 is 1. The molecule has 1 aliphatic heterocycles. The second-order valence-corrected chi connectivity index (χ2v) is 7.30. The number of rotatable bonds is 6. The molecule has 3 aromatic carbocycles. The van der Waals surface area contributed by atoms with E-state index in [0.717, 1.165) is 21.9 Å². The number of fused-ring (bicyclic) bond motifs is 1. The molecule has 30 heavy (non-hydrogen) atoms. The van der Waals surface area contributed by atoms with Crippen LogP contribution in [-0.2, 0) is 16.1 Å². The first kappa shape index (κ1) is 19.6. The summed E-state index contributed by atoms with van der Waals surface area (Å²) >= 11 is 0. The summed E-state index contributed by atoms with van der Waals surface area (Å²) in [6.07, 6.45) is 1.79. The van der Waals surface area contributed by atoms with Crippen molar-refractivity contribution in [3.63, 3.8) is 0 Å². The molecule has 1 heterocycles. The Bertz CT molecular complexity index is 1100. The van der Waals surface area contributed by atoms with E-state index in [1.54, 1.807) is 18.2 Å². The van der Waals surface area contributed by atoms with Crippen LogP contribution in [0.4, 0.5) is 0 Å². The molecule has 1 atom stereocenters. The number of nitrogens with zero attached hydrogens (tertiary/aromatic N) is 2. The number of likely N-dealkylation sites (tertiary alicyclic amines) is 1. The zero-order valence-electron chi connectivity index (χ0n) is 16.7. The van der Waals surface area contributed by atoms with Crippen molar-refractivity contribution in [3.8, 4) is 5.75 Å². The molecule has 1 unspecified atom stereocenters. The minimum absolute atomic E-state index is 0.0151. The monoisotopic (exact) mass is 401 g/mol. The Balaban J connectivity index is 1.42. The van der Waals surface area contributed by atoms with E-state index < -0.39 is 5.92 Å². The second kappa shape index (κ2) is 8.78. The summed E-state index contributed by atoms with van der Waals surface area (Å²) in [5.74, 6) is -0.00220. The first-order chi connectivity index (χ1) is 14.7. The molecule has 4 rings (SSSR count). The van der Waals surface area contributed by atoms with Gasteiger partial charge in [-0.1, -0.05) is 60.7 Å². The molecule has 6 heteroatoms. The number of carbonyl (C=O) groups is 2. The number of hydrazone groups is 1. The molecular formula is C24H23N3O3. The Morgan fingerprint density at radius 1 is 1.13 bits per heavy atom. The molecule has 1 N–H and O–H groups in total. The smallest absolute Gasteiger partial charge is 0.245 e. The summed E-state index contributed by atoms with van der Waals surface area (Å²) in [4.78, 5) is 26.6. The average molecular weight is 401 g/mol. The van der Waals surface area contributed by atoms with Crippen molar-refractivity contribution in [2.75, 3.05) is 13.7 Å². The largest absolute Gasteiger partial charge is 0.496 e. The Kier molecular flexibility index (Phi) is 5.75. The van der Waals surface area contributed by atoms with Crippen molar-refractivity contribution < 1.29 is 14.3 Å². The van der Waals surface area contributed by atoms with Crippen LogP contribution < -0.4 is 10.2 Å². The van der Waals surface area contributed by atoms with Gasteiger partial charge in [0.15, 0.2) is 0 Å². The SMILES string of the molecule is COc1ccc2ccccc2c1/C=N/NC(=O)C1CC(=O)N(Cc2ccccc2)C1. The van der Waals surface area contributed by atoms with Crippen LogP contribution in [0.3, 0.4) is 0 Å². The zero-order chi connectivity index (χ0) is 20.9. The predicted molar refractivity (Wildman–Crippen MR) is 116 cm³/mol. The maximum absolute atomic E-state index is 12.6. The first-order valence-corrected chi connectivity index (χ1v) is 9.86. The topological polar surface area (TPSA) is 71.0 Å². The highest BCUT2D eigenvalue weighted by Gasteiger charge is 2.34. The molecular weight excluding hydrogens is 378 g/mol. The third-order valence-corrected chi connectivity index (χ3v) is 5.32. The highest BCUT2D eigenvalue weighted by atomic mass is 16.5. The average Bonchev–Trinajstić information content (AvgIpc) is 3.14. The van der Waals surface area contributed by atoms with E-state index in [1.807, 2.05) is 66.7 Å². The minimum atomic E-state index is -0.409. The molecule has 0 saturated carbocycles. The Hall–Kier alpha value is -3.67. The quantitative estimate of drug-likeness (QED) is 0.509. The van der Waals surface area contributed by atoms with Gasteiger partial charge in [0.1, 0.15) is 5.75 Å². The van der Waals surface area contributed by atoms with Gasteiger partial charge in [0, 0.05) is 25.1 Å². The van der Waals surface area contributed by atoms with Crippen LogP contribution in [0.25, 0.3) is 10.8 Å². The van der Waals surface area contributed by atoms with Gasteiger partial charge in [-0.05, 0) is 22.4 Å². The number of amides is 2. The number of hydrogen-bond donors (Lipinski definition) is 1. The molecule has 1 fully saturated rings. The molecule has 3 aromatic rings. The molecule has 6 nitrogen and oxygen atoms in total. The lowest BCUT2D eigenvalue weighted by atomic mass is 10.0. The number of carbonyl (C=O) groups excluding carboxylic acids is 2. The van der Waals surface area contributed by atoms with Crippen molar-refractivity contribution in [1.29, 1.82) is 0 Å². The zero-order valence-corrected chi connectivity index (χ0v) is 16.7. The van der Waals surface area contributed by atoms with Crippen molar-refractivity contribution in [2.45, 2.75) is 13.0 Å². The molecule has 1 saturated heterocycles. The highest BCUT2D eigenvalue weighted by Crippen LogP contribution is 2.26. The van der Waals surface area contributed by atoms with Gasteiger partial charge in [-0.3, -0.25) is 9.59 Å². The van der Waals surface area contributed by atoms with E-state index in [-0.39, 0.29) is 18.2 Å². The van der Waals surface area contributed by atoms with Crippen molar-refractivity contribution in [2.24, 2.45) is 11.0 Å². The van der Waals surface area contributed by atoms with Gasteiger partial charge in [0.05, 0.1) is 19.2 Å². The summed E-state index contributed by atoms with van der Waals surface area (Å²) < 4.78 is 5.44. The number of ether oxygens (including phenoxy) is 1. The van der Waals surface area contributed by atoms with Crippen LogP contribution in [0.5, 0.6) is 5.75 Å². The summed E-state index contributed by atoms with van der Waals surface area (Å²) in [7, 11) is 1.60. The van der Waals surface area contributed by atoms with E-state index in [9.17, 15) is 9.59 Å². The normalized spacial score (nSPS) is 16.4. The van der Waals surface area contributed by atoms with Gasteiger partial charge in [-0.15, -0.1) is 0 Å². The van der Waals surface area contributed by atoms with E-state index in [1.165, 1.54) is 0 Å². The molecule has 2 amide bonds. The van der Waals surface area contributed by atoms with Crippen LogP contribution in [-0.4, -0.2) is 36.6 Å². The van der Waals surface area contributed by atoms with Crippen LogP contribution in [0, 0.1) is 5.92 Å². The molecule has 0 bridgehead atoms. The summed E-state index contributed by atoms with van der Waals surface area (Å²) in [5, 5.41) is 6.19. The van der Waals surface area contributed by atoms with Crippen LogP contribution in [0.2, 0.25) is 0 Å². The fraction of sp³-hybridized carbons (Fsp3) is 0.208. The lowest BCUT2D eigenvalue weighted by Gasteiger charge is -2.16. The van der Waals surface area contributed by atoms with E-state index >= 15 is 0 Å². The molecule has 0 radical (unpaired) electrons. The van der Waals surface area contributed by atoms with E-state index in [2.05, 4.69) is 10.5 Å². The summed E-state index contributed by atoms with van der Waals surface area (Å²) in [5.41, 5.74) is 4.43. The second-order valence-electron chi connectivity index (χ2n) is 7.30. The summed E-state index contributed by atoms with van der Waals surface area (Å²) in [6.45, 7) is 0.909. The van der Waals surface area contributed by atoms with Gasteiger partial charge in [-0.25, -0.2) is 5.43 Å². The molecule has 0 aromatic heterocycles. The van der Waals surface area contributed by atoms with Crippen molar-refractivity contribution in [3.05, 3.63) is 77.9 Å². The fourth-order valence-corrected chi connectivity index (χ4v) is 3.74. The third-order valence-electron chi connectivity index (χ3n) is 5.32. The third kappa shape index (κ3) is 4.17. The number of nitrogens with one attached hydrogen (secondary N) is 1. The predicted octanol–water partition coefficient (Wildman–Crippen LogP) is 3.35. The highest BCUT2D eigenvalue weighted by molar-refractivity contribution is 6.02.